The molecule has 3 rings (SSSR count). The molecule has 0 bridgehead atoms. The summed E-state index contributed by atoms with van der Waals surface area (Å²) in [5, 5.41) is 0. The smallest absolute Gasteiger partial charge is 0.343 e. The van der Waals surface area contributed by atoms with Gasteiger partial charge in [-0.05, 0) is 26.0 Å². The summed E-state index contributed by atoms with van der Waals surface area (Å²) in [5.41, 5.74) is -0.216. The van der Waals surface area contributed by atoms with E-state index in [9.17, 15) is 14.4 Å². The second kappa shape index (κ2) is 5.75. The number of pyridine rings is 1. The number of ether oxygens (including phenoxy) is 2. The van der Waals surface area contributed by atoms with E-state index in [1.165, 1.54) is 6.20 Å². The summed E-state index contributed by atoms with van der Waals surface area (Å²) in [6.45, 7) is 3.60. The number of hydrogen-bond donors (Lipinski definition) is 1. The van der Waals surface area contributed by atoms with E-state index < -0.39 is 23.4 Å². The highest BCUT2D eigenvalue weighted by atomic mass is 16.5. The van der Waals surface area contributed by atoms with Crippen LogP contribution in [-0.4, -0.2) is 23.5 Å². The monoisotopic (exact) mass is 317 g/mol. The van der Waals surface area contributed by atoms with Crippen LogP contribution in [0.3, 0.4) is 0 Å². The molecule has 0 spiro atoms. The minimum atomic E-state index is -0.663. The molecule has 7 heteroatoms. The van der Waals surface area contributed by atoms with Crippen LogP contribution in [0.15, 0.2) is 27.5 Å². The molecule has 3 heterocycles. The average Bonchev–Trinajstić information content (AvgIpc) is 2.93. The third kappa shape index (κ3) is 2.65. The maximum absolute atomic E-state index is 12.3. The molecule has 2 aromatic rings. The predicted molar refractivity (Wildman–Crippen MR) is 78.6 cm³/mol. The van der Waals surface area contributed by atoms with Crippen molar-refractivity contribution in [2.45, 2.75) is 26.2 Å². The molecule has 1 aliphatic rings. The van der Waals surface area contributed by atoms with E-state index in [0.29, 0.717) is 11.5 Å². The first-order valence-electron chi connectivity index (χ1n) is 7.21. The number of esters is 2. The van der Waals surface area contributed by atoms with Gasteiger partial charge in [0.05, 0.1) is 24.5 Å². The van der Waals surface area contributed by atoms with Crippen LogP contribution in [-0.2, 0) is 9.53 Å². The van der Waals surface area contributed by atoms with Crippen molar-refractivity contribution in [2.24, 2.45) is 0 Å². The first-order valence-corrected chi connectivity index (χ1v) is 7.21. The second-order valence-corrected chi connectivity index (χ2v) is 5.17. The number of H-pyrrole nitrogens is 1. The Morgan fingerprint density at radius 1 is 1.39 bits per heavy atom. The van der Waals surface area contributed by atoms with Crippen molar-refractivity contribution < 1.29 is 23.5 Å². The van der Waals surface area contributed by atoms with Crippen LogP contribution in [0.4, 0.5) is 0 Å². The van der Waals surface area contributed by atoms with Gasteiger partial charge < -0.3 is 18.9 Å². The fourth-order valence-corrected chi connectivity index (χ4v) is 2.62. The summed E-state index contributed by atoms with van der Waals surface area (Å²) in [4.78, 5) is 38.7. The van der Waals surface area contributed by atoms with Gasteiger partial charge in [-0.3, -0.25) is 9.59 Å². The summed E-state index contributed by atoms with van der Waals surface area (Å²) in [6.07, 6.45) is 1.16. The van der Waals surface area contributed by atoms with Crippen molar-refractivity contribution in [3.63, 3.8) is 0 Å². The first-order chi connectivity index (χ1) is 11.0. The number of rotatable bonds is 3. The van der Waals surface area contributed by atoms with E-state index in [4.69, 9.17) is 13.9 Å². The Morgan fingerprint density at radius 3 is 2.83 bits per heavy atom. The van der Waals surface area contributed by atoms with Crippen LogP contribution in [0.1, 0.15) is 46.7 Å². The maximum Gasteiger partial charge on any atom is 0.343 e. The number of carbonyl (C=O) groups excluding carboxylic acids is 2. The lowest BCUT2D eigenvalue weighted by molar-refractivity contribution is -0.135. The molecule has 0 aliphatic carbocycles. The van der Waals surface area contributed by atoms with Gasteiger partial charge in [0.2, 0.25) is 0 Å². The number of carbonyl (C=O) groups is 2. The van der Waals surface area contributed by atoms with E-state index >= 15 is 0 Å². The van der Waals surface area contributed by atoms with Crippen LogP contribution in [0.5, 0.6) is 5.75 Å². The zero-order valence-corrected chi connectivity index (χ0v) is 12.7. The van der Waals surface area contributed by atoms with Crippen molar-refractivity contribution in [3.05, 3.63) is 51.3 Å². The molecule has 1 aliphatic heterocycles. The predicted octanol–water partition coefficient (Wildman–Crippen LogP) is 1.89. The highest BCUT2D eigenvalue weighted by molar-refractivity contribution is 5.94. The van der Waals surface area contributed by atoms with E-state index in [1.807, 2.05) is 0 Å². The molecule has 23 heavy (non-hydrogen) atoms. The van der Waals surface area contributed by atoms with Crippen LogP contribution in [0, 0.1) is 6.92 Å². The Hall–Kier alpha value is -2.83. The maximum atomic E-state index is 12.3. The lowest BCUT2D eigenvalue weighted by Gasteiger charge is -2.23. The Kier molecular flexibility index (Phi) is 3.77. The summed E-state index contributed by atoms with van der Waals surface area (Å²) >= 11 is 0. The number of aromatic amines is 1. The number of aryl methyl sites for hydroxylation is 1. The minimum Gasteiger partial charge on any atom is -0.466 e. The number of aromatic nitrogens is 1. The van der Waals surface area contributed by atoms with Gasteiger partial charge in [-0.25, -0.2) is 4.79 Å². The van der Waals surface area contributed by atoms with E-state index in [1.54, 1.807) is 26.0 Å². The molecular weight excluding hydrogens is 302 g/mol. The molecule has 0 radical (unpaired) electrons. The molecule has 7 nitrogen and oxygen atoms in total. The van der Waals surface area contributed by atoms with Crippen LogP contribution in [0.2, 0.25) is 0 Å². The quantitative estimate of drug-likeness (QED) is 0.868. The van der Waals surface area contributed by atoms with E-state index in [2.05, 4.69) is 4.98 Å². The van der Waals surface area contributed by atoms with Gasteiger partial charge in [-0.1, -0.05) is 0 Å². The van der Waals surface area contributed by atoms with Gasteiger partial charge in [0.1, 0.15) is 17.1 Å². The molecule has 0 fully saturated rings. The number of hydrogen-bond acceptors (Lipinski definition) is 6. The van der Waals surface area contributed by atoms with E-state index in [0.717, 1.165) is 0 Å². The first kappa shape index (κ1) is 15.1. The molecule has 0 saturated heterocycles. The summed E-state index contributed by atoms with van der Waals surface area (Å²) in [6, 6.07) is 3.46. The topological polar surface area (TPSA) is 98.6 Å². The number of furan rings is 1. The summed E-state index contributed by atoms with van der Waals surface area (Å²) in [7, 11) is 0. The Bertz CT molecular complexity index is 831. The normalized spacial score (nSPS) is 16.6. The van der Waals surface area contributed by atoms with Gasteiger partial charge in [0.15, 0.2) is 5.75 Å². The largest absolute Gasteiger partial charge is 0.466 e. The summed E-state index contributed by atoms with van der Waals surface area (Å²) in [5.74, 6) is -0.706. The average molecular weight is 317 g/mol. The second-order valence-electron chi connectivity index (χ2n) is 5.17. The van der Waals surface area contributed by atoms with Crippen LogP contribution >= 0.6 is 0 Å². The Morgan fingerprint density at radius 2 is 2.17 bits per heavy atom. The third-order valence-corrected chi connectivity index (χ3v) is 3.62. The van der Waals surface area contributed by atoms with Crippen LogP contribution in [0.25, 0.3) is 0 Å². The SMILES string of the molecule is CCOC(=O)c1c[nH]c(=O)c2c1OC(=O)CC2c1ccc(C)o1. The van der Waals surface area contributed by atoms with Crippen molar-refractivity contribution >= 4 is 11.9 Å². The van der Waals surface area contributed by atoms with Gasteiger partial charge in [-0.15, -0.1) is 0 Å². The molecule has 0 amide bonds. The van der Waals surface area contributed by atoms with Gasteiger partial charge >= 0.3 is 11.9 Å². The van der Waals surface area contributed by atoms with Gasteiger partial charge in [-0.2, -0.15) is 0 Å². The third-order valence-electron chi connectivity index (χ3n) is 3.62. The fourth-order valence-electron chi connectivity index (χ4n) is 2.62. The highest BCUT2D eigenvalue weighted by Crippen LogP contribution is 2.38. The molecule has 0 saturated carbocycles. The summed E-state index contributed by atoms with van der Waals surface area (Å²) < 4.78 is 15.7. The van der Waals surface area contributed by atoms with Crippen LogP contribution < -0.4 is 10.3 Å². The standard InChI is InChI=1S/C16H15NO6/c1-3-21-16(20)10-7-17-15(19)13-9(6-12(18)23-14(10)13)11-5-4-8(2)22-11/h4-5,7,9H,3,6H2,1-2H3,(H,17,19). The Balaban J connectivity index is 2.17. The van der Waals surface area contributed by atoms with Gasteiger partial charge in [0, 0.05) is 6.20 Å². The van der Waals surface area contributed by atoms with Crippen molar-refractivity contribution in [3.8, 4) is 5.75 Å². The van der Waals surface area contributed by atoms with E-state index in [-0.39, 0.29) is 29.9 Å². The van der Waals surface area contributed by atoms with Crippen molar-refractivity contribution in [2.75, 3.05) is 6.61 Å². The molecule has 2 aromatic heterocycles. The molecule has 1 atom stereocenters. The number of fused-ring (bicyclic) bond motifs is 1. The zero-order chi connectivity index (χ0) is 16.6. The molecule has 120 valence electrons. The molecule has 0 aromatic carbocycles. The lowest BCUT2D eigenvalue weighted by atomic mass is 9.90. The highest BCUT2D eigenvalue weighted by Gasteiger charge is 2.36. The minimum absolute atomic E-state index is 0.0165. The van der Waals surface area contributed by atoms with Crippen molar-refractivity contribution in [1.82, 2.24) is 4.98 Å². The zero-order valence-electron chi connectivity index (χ0n) is 12.7. The molecule has 1 N–H and O–H groups in total. The van der Waals surface area contributed by atoms with Gasteiger partial charge in [0.25, 0.3) is 5.56 Å². The fraction of sp³-hybridized carbons (Fsp3) is 0.312. The van der Waals surface area contributed by atoms with Crippen molar-refractivity contribution in [1.29, 1.82) is 0 Å². The molecular formula is C16H15NO6. The number of nitrogens with one attached hydrogen (secondary N) is 1. The molecule has 1 unspecified atom stereocenters. The Labute approximate surface area is 131 Å². The lowest BCUT2D eigenvalue weighted by Crippen LogP contribution is -2.29.